The number of carboxylic acid groups (broad SMARTS) is 1. The third-order valence-electron chi connectivity index (χ3n) is 3.91. The van der Waals surface area contributed by atoms with Crippen molar-refractivity contribution < 1.29 is 19.4 Å². The highest BCUT2D eigenvalue weighted by molar-refractivity contribution is 6.04. The SMILES string of the molecule is O=C(O)Cc1ccccc1NC(=O)c1ccc(OCC2CC2)cc1. The molecule has 0 unspecified atom stereocenters. The Balaban J connectivity index is 1.65. The number of hydrogen-bond acceptors (Lipinski definition) is 3. The summed E-state index contributed by atoms with van der Waals surface area (Å²) in [6.45, 7) is 0.730. The Morgan fingerprint density at radius 1 is 1.08 bits per heavy atom. The monoisotopic (exact) mass is 325 g/mol. The predicted octanol–water partition coefficient (Wildman–Crippen LogP) is 3.35. The van der Waals surface area contributed by atoms with E-state index in [4.69, 9.17) is 9.84 Å². The molecule has 2 N–H and O–H groups in total. The molecule has 0 spiro atoms. The molecule has 0 heterocycles. The second-order valence-electron chi connectivity index (χ2n) is 5.96. The number of carboxylic acids is 1. The molecule has 0 radical (unpaired) electrons. The fourth-order valence-corrected chi connectivity index (χ4v) is 2.35. The van der Waals surface area contributed by atoms with Crippen LogP contribution in [0.2, 0.25) is 0 Å². The Morgan fingerprint density at radius 2 is 1.79 bits per heavy atom. The number of benzene rings is 2. The number of rotatable bonds is 7. The smallest absolute Gasteiger partial charge is 0.307 e. The molecule has 2 aromatic carbocycles. The summed E-state index contributed by atoms with van der Waals surface area (Å²) in [5.41, 5.74) is 1.58. The Bertz CT molecular complexity index is 735. The molecule has 0 saturated heterocycles. The van der Waals surface area contributed by atoms with Crippen LogP contribution < -0.4 is 10.1 Å². The molecule has 1 aliphatic rings. The van der Waals surface area contributed by atoms with Gasteiger partial charge in [0.2, 0.25) is 0 Å². The van der Waals surface area contributed by atoms with E-state index < -0.39 is 5.97 Å². The van der Waals surface area contributed by atoms with E-state index in [9.17, 15) is 9.59 Å². The normalized spacial score (nSPS) is 13.3. The number of para-hydroxylation sites is 1. The number of carbonyl (C=O) groups excluding carboxylic acids is 1. The van der Waals surface area contributed by atoms with Crippen LogP contribution in [0.4, 0.5) is 5.69 Å². The highest BCUT2D eigenvalue weighted by Gasteiger charge is 2.21. The molecule has 3 rings (SSSR count). The number of anilines is 1. The van der Waals surface area contributed by atoms with Crippen LogP contribution >= 0.6 is 0 Å². The fraction of sp³-hybridized carbons (Fsp3) is 0.263. The minimum absolute atomic E-state index is 0.135. The van der Waals surface area contributed by atoms with E-state index in [2.05, 4.69) is 5.32 Å². The maximum Gasteiger partial charge on any atom is 0.307 e. The average Bonchev–Trinajstić information content (AvgIpc) is 3.39. The molecular formula is C19H19NO4. The van der Waals surface area contributed by atoms with Gasteiger partial charge in [-0.3, -0.25) is 9.59 Å². The molecule has 0 atom stereocenters. The lowest BCUT2D eigenvalue weighted by Crippen LogP contribution is -2.14. The van der Waals surface area contributed by atoms with Crippen molar-refractivity contribution in [3.8, 4) is 5.75 Å². The summed E-state index contributed by atoms with van der Waals surface area (Å²) in [5, 5.41) is 11.7. The topological polar surface area (TPSA) is 75.6 Å². The molecule has 24 heavy (non-hydrogen) atoms. The van der Waals surface area contributed by atoms with Crippen molar-refractivity contribution in [1.29, 1.82) is 0 Å². The van der Waals surface area contributed by atoms with Gasteiger partial charge < -0.3 is 15.2 Å². The fourth-order valence-electron chi connectivity index (χ4n) is 2.35. The van der Waals surface area contributed by atoms with Crippen molar-refractivity contribution in [3.63, 3.8) is 0 Å². The minimum atomic E-state index is -0.936. The van der Waals surface area contributed by atoms with E-state index in [0.29, 0.717) is 22.7 Å². The first-order valence-electron chi connectivity index (χ1n) is 7.96. The van der Waals surface area contributed by atoms with Crippen LogP contribution in [0.5, 0.6) is 5.75 Å². The van der Waals surface area contributed by atoms with Gasteiger partial charge in [0.1, 0.15) is 5.75 Å². The van der Waals surface area contributed by atoms with Gasteiger partial charge in [0.05, 0.1) is 13.0 Å². The molecule has 1 fully saturated rings. The van der Waals surface area contributed by atoms with Crippen molar-refractivity contribution >= 4 is 17.6 Å². The Morgan fingerprint density at radius 3 is 2.46 bits per heavy atom. The molecule has 1 saturated carbocycles. The molecule has 1 amide bonds. The van der Waals surface area contributed by atoms with E-state index in [0.717, 1.165) is 12.4 Å². The van der Waals surface area contributed by atoms with Crippen LogP contribution in [0.3, 0.4) is 0 Å². The average molecular weight is 325 g/mol. The highest BCUT2D eigenvalue weighted by Crippen LogP contribution is 2.29. The zero-order valence-corrected chi connectivity index (χ0v) is 13.2. The Hall–Kier alpha value is -2.82. The third kappa shape index (κ3) is 4.35. The zero-order chi connectivity index (χ0) is 16.9. The van der Waals surface area contributed by atoms with E-state index in [1.54, 1.807) is 48.5 Å². The van der Waals surface area contributed by atoms with Gasteiger partial charge >= 0.3 is 5.97 Å². The van der Waals surface area contributed by atoms with Gasteiger partial charge in [-0.05, 0) is 54.7 Å². The molecule has 0 aromatic heterocycles. The molecule has 5 heteroatoms. The summed E-state index contributed by atoms with van der Waals surface area (Å²) >= 11 is 0. The van der Waals surface area contributed by atoms with Crippen molar-refractivity contribution in [2.24, 2.45) is 5.92 Å². The van der Waals surface area contributed by atoms with Crippen LogP contribution in [-0.2, 0) is 11.2 Å². The summed E-state index contributed by atoms with van der Waals surface area (Å²) in [4.78, 5) is 23.2. The minimum Gasteiger partial charge on any atom is -0.493 e. The van der Waals surface area contributed by atoms with Crippen molar-refractivity contribution in [2.45, 2.75) is 19.3 Å². The van der Waals surface area contributed by atoms with Crippen LogP contribution in [0.15, 0.2) is 48.5 Å². The van der Waals surface area contributed by atoms with Gasteiger partial charge in [-0.2, -0.15) is 0 Å². The number of ether oxygens (including phenoxy) is 1. The van der Waals surface area contributed by atoms with Crippen molar-refractivity contribution in [1.82, 2.24) is 0 Å². The summed E-state index contributed by atoms with van der Waals surface area (Å²) in [6, 6.07) is 13.9. The van der Waals surface area contributed by atoms with E-state index in [-0.39, 0.29) is 12.3 Å². The molecular weight excluding hydrogens is 306 g/mol. The van der Waals surface area contributed by atoms with Crippen molar-refractivity contribution in [2.75, 3.05) is 11.9 Å². The van der Waals surface area contributed by atoms with E-state index in [1.807, 2.05) is 0 Å². The lowest BCUT2D eigenvalue weighted by Gasteiger charge is -2.10. The van der Waals surface area contributed by atoms with Gasteiger partial charge in [0.25, 0.3) is 5.91 Å². The second kappa shape index (κ2) is 7.17. The van der Waals surface area contributed by atoms with Crippen molar-refractivity contribution in [3.05, 3.63) is 59.7 Å². The molecule has 0 aliphatic heterocycles. The van der Waals surface area contributed by atoms with Crippen LogP contribution in [-0.4, -0.2) is 23.6 Å². The predicted molar refractivity (Wildman–Crippen MR) is 90.4 cm³/mol. The van der Waals surface area contributed by atoms with Gasteiger partial charge in [-0.25, -0.2) is 0 Å². The van der Waals surface area contributed by atoms with Crippen LogP contribution in [0.25, 0.3) is 0 Å². The van der Waals surface area contributed by atoms with Gasteiger partial charge in [0, 0.05) is 11.3 Å². The highest BCUT2D eigenvalue weighted by atomic mass is 16.5. The molecule has 1 aliphatic carbocycles. The number of nitrogens with one attached hydrogen (secondary N) is 1. The Kier molecular flexibility index (Phi) is 4.79. The van der Waals surface area contributed by atoms with Gasteiger partial charge in [-0.1, -0.05) is 18.2 Å². The third-order valence-corrected chi connectivity index (χ3v) is 3.91. The standard InChI is InChI=1S/C19H19NO4/c21-18(22)11-15-3-1-2-4-17(15)20-19(23)14-7-9-16(10-8-14)24-12-13-5-6-13/h1-4,7-10,13H,5-6,11-12H2,(H,20,23)(H,21,22). The van der Waals surface area contributed by atoms with E-state index >= 15 is 0 Å². The first-order valence-corrected chi connectivity index (χ1v) is 7.96. The molecule has 124 valence electrons. The van der Waals surface area contributed by atoms with Crippen LogP contribution in [0, 0.1) is 5.92 Å². The molecule has 2 aromatic rings. The quantitative estimate of drug-likeness (QED) is 0.818. The first-order chi connectivity index (χ1) is 11.6. The Labute approximate surface area is 140 Å². The number of hydrogen-bond donors (Lipinski definition) is 2. The molecule has 5 nitrogen and oxygen atoms in total. The summed E-state index contributed by atoms with van der Waals surface area (Å²) in [5.74, 6) is 0.221. The summed E-state index contributed by atoms with van der Waals surface area (Å²) in [7, 11) is 0. The summed E-state index contributed by atoms with van der Waals surface area (Å²) in [6.07, 6.45) is 2.33. The maximum absolute atomic E-state index is 12.3. The maximum atomic E-state index is 12.3. The summed E-state index contributed by atoms with van der Waals surface area (Å²) < 4.78 is 5.65. The number of aliphatic carboxylic acids is 1. The second-order valence-corrected chi connectivity index (χ2v) is 5.96. The lowest BCUT2D eigenvalue weighted by atomic mass is 10.1. The van der Waals surface area contributed by atoms with E-state index in [1.165, 1.54) is 12.8 Å². The largest absolute Gasteiger partial charge is 0.493 e. The zero-order valence-electron chi connectivity index (χ0n) is 13.2. The number of amides is 1. The lowest BCUT2D eigenvalue weighted by molar-refractivity contribution is -0.136. The number of carbonyl (C=O) groups is 2. The molecule has 0 bridgehead atoms. The van der Waals surface area contributed by atoms with Gasteiger partial charge in [0.15, 0.2) is 0 Å². The van der Waals surface area contributed by atoms with Crippen LogP contribution in [0.1, 0.15) is 28.8 Å². The van der Waals surface area contributed by atoms with Gasteiger partial charge in [-0.15, -0.1) is 0 Å². The first kappa shape index (κ1) is 16.1.